The molecule has 4 heteroatoms. The molecule has 1 aliphatic heterocycles. The highest BCUT2D eigenvalue weighted by molar-refractivity contribution is 5.26. The Morgan fingerprint density at radius 2 is 2.29 bits per heavy atom. The molecule has 2 rings (SSSR count). The van der Waals surface area contributed by atoms with Crippen LogP contribution < -0.4 is 0 Å². The maximum Gasteiger partial charge on any atom is 0.0823 e. The third kappa shape index (κ3) is 2.53. The zero-order valence-electron chi connectivity index (χ0n) is 10.9. The largest absolute Gasteiger partial charge is 0.388 e. The van der Waals surface area contributed by atoms with Gasteiger partial charge in [-0.3, -0.25) is 4.68 Å². The van der Waals surface area contributed by atoms with Crippen LogP contribution in [-0.4, -0.2) is 28.1 Å². The Hall–Kier alpha value is -0.870. The van der Waals surface area contributed by atoms with Crippen molar-refractivity contribution >= 4 is 0 Å². The molecule has 1 aromatic heterocycles. The summed E-state index contributed by atoms with van der Waals surface area (Å²) in [5.41, 5.74) is 3.06. The van der Waals surface area contributed by atoms with Crippen LogP contribution in [0.2, 0.25) is 0 Å². The van der Waals surface area contributed by atoms with Crippen LogP contribution >= 0.6 is 0 Å². The third-order valence-electron chi connectivity index (χ3n) is 3.61. The van der Waals surface area contributed by atoms with Crippen molar-refractivity contribution in [3.8, 4) is 0 Å². The van der Waals surface area contributed by atoms with Gasteiger partial charge in [-0.15, -0.1) is 0 Å². The van der Waals surface area contributed by atoms with Crippen molar-refractivity contribution in [3.05, 3.63) is 17.0 Å². The number of hydrogen-bond donors (Lipinski definition) is 1. The van der Waals surface area contributed by atoms with Crippen molar-refractivity contribution in [2.75, 3.05) is 13.2 Å². The molecule has 2 unspecified atom stereocenters. The topological polar surface area (TPSA) is 47.3 Å². The normalized spacial score (nSPS) is 22.0. The van der Waals surface area contributed by atoms with E-state index in [9.17, 15) is 5.11 Å². The van der Waals surface area contributed by atoms with Gasteiger partial charge in [0.1, 0.15) is 0 Å². The van der Waals surface area contributed by atoms with Crippen LogP contribution in [0.1, 0.15) is 42.8 Å². The molecular formula is C13H22N2O2. The Kier molecular flexibility index (Phi) is 3.84. The lowest BCUT2D eigenvalue weighted by Gasteiger charge is -2.11. The van der Waals surface area contributed by atoms with Gasteiger partial charge in [0.15, 0.2) is 0 Å². The first-order valence-corrected chi connectivity index (χ1v) is 6.43. The van der Waals surface area contributed by atoms with Crippen LogP contribution in [0.25, 0.3) is 0 Å². The van der Waals surface area contributed by atoms with Crippen LogP contribution in [0.15, 0.2) is 0 Å². The maximum atomic E-state index is 9.99. The molecule has 0 bridgehead atoms. The Balaban J connectivity index is 2.17. The number of aromatic nitrogens is 2. The summed E-state index contributed by atoms with van der Waals surface area (Å²) in [4.78, 5) is 0. The van der Waals surface area contributed by atoms with Crippen molar-refractivity contribution in [3.63, 3.8) is 0 Å². The van der Waals surface area contributed by atoms with Crippen LogP contribution in [0.5, 0.6) is 0 Å². The highest BCUT2D eigenvalue weighted by Gasteiger charge is 2.21. The summed E-state index contributed by atoms with van der Waals surface area (Å²) in [5, 5.41) is 14.5. The van der Waals surface area contributed by atoms with Gasteiger partial charge in [0.05, 0.1) is 18.4 Å². The summed E-state index contributed by atoms with van der Waals surface area (Å²) in [6.07, 6.45) is 1.47. The van der Waals surface area contributed by atoms with Crippen molar-refractivity contribution in [1.29, 1.82) is 0 Å². The Morgan fingerprint density at radius 1 is 1.53 bits per heavy atom. The fourth-order valence-electron chi connectivity index (χ4n) is 2.55. The van der Waals surface area contributed by atoms with Crippen LogP contribution in [0.3, 0.4) is 0 Å². The molecule has 1 fully saturated rings. The number of aliphatic hydroxyl groups is 1. The van der Waals surface area contributed by atoms with Gasteiger partial charge in [0.25, 0.3) is 0 Å². The monoisotopic (exact) mass is 238 g/mol. The molecule has 1 aromatic rings. The summed E-state index contributed by atoms with van der Waals surface area (Å²) in [7, 11) is 0. The van der Waals surface area contributed by atoms with Crippen LogP contribution in [0, 0.1) is 19.8 Å². The predicted molar refractivity (Wildman–Crippen MR) is 65.9 cm³/mol. The number of nitrogens with zero attached hydrogens (tertiary/aromatic N) is 2. The van der Waals surface area contributed by atoms with Crippen molar-refractivity contribution < 1.29 is 9.84 Å². The van der Waals surface area contributed by atoms with E-state index in [-0.39, 0.29) is 6.10 Å². The standard InChI is InChI=1S/C13H22N2O2/c1-4-12(16)13-9(2)14-15(10(13)3)7-11-5-6-17-8-11/h11-12,16H,4-8H2,1-3H3. The summed E-state index contributed by atoms with van der Waals surface area (Å²) in [6, 6.07) is 0. The summed E-state index contributed by atoms with van der Waals surface area (Å²) in [6.45, 7) is 8.63. The average molecular weight is 238 g/mol. The smallest absolute Gasteiger partial charge is 0.0823 e. The Labute approximate surface area is 103 Å². The molecule has 2 heterocycles. The van der Waals surface area contributed by atoms with E-state index in [0.717, 1.165) is 49.6 Å². The number of rotatable bonds is 4. The first-order chi connectivity index (χ1) is 8.13. The van der Waals surface area contributed by atoms with Gasteiger partial charge in [-0.1, -0.05) is 6.92 Å². The van der Waals surface area contributed by atoms with E-state index < -0.39 is 0 Å². The van der Waals surface area contributed by atoms with Crippen LogP contribution in [-0.2, 0) is 11.3 Å². The van der Waals surface area contributed by atoms with Crippen molar-refractivity contribution in [1.82, 2.24) is 9.78 Å². The molecule has 2 atom stereocenters. The quantitative estimate of drug-likeness (QED) is 0.872. The molecule has 0 aromatic carbocycles. The molecule has 0 spiro atoms. The van der Waals surface area contributed by atoms with Gasteiger partial charge in [-0.25, -0.2) is 0 Å². The maximum absolute atomic E-state index is 9.99. The number of ether oxygens (including phenoxy) is 1. The third-order valence-corrected chi connectivity index (χ3v) is 3.61. The molecule has 1 aliphatic rings. The number of aryl methyl sites for hydroxylation is 1. The van der Waals surface area contributed by atoms with Crippen molar-refractivity contribution in [2.24, 2.45) is 5.92 Å². The van der Waals surface area contributed by atoms with E-state index in [4.69, 9.17) is 4.74 Å². The molecule has 0 radical (unpaired) electrons. The van der Waals surface area contributed by atoms with Gasteiger partial charge >= 0.3 is 0 Å². The summed E-state index contributed by atoms with van der Waals surface area (Å²) < 4.78 is 7.41. The van der Waals surface area contributed by atoms with Crippen LogP contribution in [0.4, 0.5) is 0 Å². The Morgan fingerprint density at radius 3 is 2.88 bits per heavy atom. The second kappa shape index (κ2) is 5.19. The molecular weight excluding hydrogens is 216 g/mol. The zero-order chi connectivity index (χ0) is 12.4. The first-order valence-electron chi connectivity index (χ1n) is 6.43. The molecule has 0 saturated carbocycles. The first kappa shape index (κ1) is 12.6. The molecule has 0 amide bonds. The lowest BCUT2D eigenvalue weighted by Crippen LogP contribution is -2.13. The average Bonchev–Trinajstić information content (AvgIpc) is 2.89. The highest BCUT2D eigenvalue weighted by atomic mass is 16.5. The van der Waals surface area contributed by atoms with E-state index in [1.54, 1.807) is 0 Å². The minimum atomic E-state index is -0.386. The van der Waals surface area contributed by atoms with Crippen molar-refractivity contribution in [2.45, 2.75) is 46.3 Å². The SMILES string of the molecule is CCC(O)c1c(C)nn(CC2CCOC2)c1C. The zero-order valence-corrected chi connectivity index (χ0v) is 10.9. The molecule has 1 N–H and O–H groups in total. The Bertz CT molecular complexity index is 381. The van der Waals surface area contributed by atoms with E-state index in [1.165, 1.54) is 0 Å². The van der Waals surface area contributed by atoms with E-state index in [2.05, 4.69) is 5.10 Å². The number of aliphatic hydroxyl groups excluding tert-OH is 1. The van der Waals surface area contributed by atoms with E-state index in [0.29, 0.717) is 5.92 Å². The minimum absolute atomic E-state index is 0.386. The molecule has 17 heavy (non-hydrogen) atoms. The fraction of sp³-hybridized carbons (Fsp3) is 0.769. The summed E-state index contributed by atoms with van der Waals surface area (Å²) in [5.74, 6) is 0.569. The molecule has 4 nitrogen and oxygen atoms in total. The lowest BCUT2D eigenvalue weighted by atomic mass is 10.1. The molecule has 0 aliphatic carbocycles. The van der Waals surface area contributed by atoms with Gasteiger partial charge in [0.2, 0.25) is 0 Å². The lowest BCUT2D eigenvalue weighted by molar-refractivity contribution is 0.171. The summed E-state index contributed by atoms with van der Waals surface area (Å²) >= 11 is 0. The number of hydrogen-bond acceptors (Lipinski definition) is 3. The van der Waals surface area contributed by atoms with E-state index >= 15 is 0 Å². The second-order valence-corrected chi connectivity index (χ2v) is 4.92. The second-order valence-electron chi connectivity index (χ2n) is 4.92. The van der Waals surface area contributed by atoms with Gasteiger partial charge in [-0.05, 0) is 26.7 Å². The minimum Gasteiger partial charge on any atom is -0.388 e. The van der Waals surface area contributed by atoms with Gasteiger partial charge in [-0.2, -0.15) is 5.10 Å². The predicted octanol–water partition coefficient (Wildman–Crippen LogP) is 1.98. The molecule has 1 saturated heterocycles. The van der Waals surface area contributed by atoms with E-state index in [1.807, 2.05) is 25.5 Å². The molecule has 96 valence electrons. The van der Waals surface area contributed by atoms with Gasteiger partial charge < -0.3 is 9.84 Å². The fourth-order valence-corrected chi connectivity index (χ4v) is 2.55. The van der Waals surface area contributed by atoms with Gasteiger partial charge in [0, 0.05) is 30.3 Å². The highest BCUT2D eigenvalue weighted by Crippen LogP contribution is 2.25.